The summed E-state index contributed by atoms with van der Waals surface area (Å²) < 4.78 is 51.0. The second kappa shape index (κ2) is 11.4. The zero-order chi connectivity index (χ0) is 37.4. The number of para-hydroxylation sites is 2. The van der Waals surface area contributed by atoms with Gasteiger partial charge in [0.2, 0.25) is 0 Å². The molecule has 0 aliphatic carbocycles. The number of benzene rings is 7. The van der Waals surface area contributed by atoms with Crippen molar-refractivity contribution in [2.45, 2.75) is 0 Å². The number of furan rings is 1. The number of rotatable bonds is 5. The molecule has 10 rings (SSSR count). The highest BCUT2D eigenvalue weighted by Gasteiger charge is 2.19. The summed E-state index contributed by atoms with van der Waals surface area (Å²) in [6, 6.07) is 44.5. The number of nitrogens with zero attached hydrogens (tertiary/aromatic N) is 4. The third-order valence-electron chi connectivity index (χ3n) is 9.15. The lowest BCUT2D eigenvalue weighted by Gasteiger charge is -2.09. The molecule has 7 aromatic carbocycles. The van der Waals surface area contributed by atoms with Gasteiger partial charge in [0, 0.05) is 38.2 Å². The minimum Gasteiger partial charge on any atom is -0.454 e. The number of hydrogen-bond donors (Lipinski definition) is 0. The molecule has 0 unspecified atom stereocenters. The lowest BCUT2D eigenvalue weighted by atomic mass is 10.0. The third-order valence-corrected chi connectivity index (χ3v) is 9.15. The van der Waals surface area contributed by atoms with Crippen molar-refractivity contribution in [3.63, 3.8) is 0 Å². The Kier molecular flexibility index (Phi) is 5.35. The first-order valence-corrected chi connectivity index (χ1v) is 16.3. The van der Waals surface area contributed by atoms with Gasteiger partial charge in [0.05, 0.1) is 23.6 Å². The van der Waals surface area contributed by atoms with Gasteiger partial charge in [0.15, 0.2) is 23.1 Å². The van der Waals surface area contributed by atoms with E-state index < -0.39 is 18.1 Å². The number of fused-ring (bicyclic) bond motifs is 6. The van der Waals surface area contributed by atoms with Crippen LogP contribution in [0.15, 0.2) is 174 Å². The van der Waals surface area contributed by atoms with Crippen LogP contribution in [0.3, 0.4) is 0 Å². The molecule has 5 heteroatoms. The van der Waals surface area contributed by atoms with Crippen LogP contribution >= 0.6 is 0 Å². The van der Waals surface area contributed by atoms with E-state index in [1.165, 1.54) is 0 Å². The third kappa shape index (κ3) is 4.60. The van der Waals surface area contributed by atoms with Gasteiger partial charge in [-0.15, -0.1) is 0 Å². The number of hydrogen-bond acceptors (Lipinski definition) is 4. The molecule has 0 spiro atoms. The Labute approximate surface area is 294 Å². The van der Waals surface area contributed by atoms with Crippen LogP contribution < -0.4 is 0 Å². The first-order valence-electron chi connectivity index (χ1n) is 18.8. The predicted molar refractivity (Wildman–Crippen MR) is 203 cm³/mol. The predicted octanol–water partition coefficient (Wildman–Crippen LogP) is 11.5. The SMILES string of the molecule is [2H]c1c([2H])c([2H])c(-c2nc(-c3ccccc3)nc(-c3ccc4c(c3)oc3c(-n5c6ccccc6c6ccc(-c7ccccc7)cc65)cccc34)n2)c([2H])c1[2H]. The van der Waals surface area contributed by atoms with Crippen LogP contribution in [0, 0.1) is 0 Å². The first kappa shape index (κ1) is 23.5. The fourth-order valence-corrected chi connectivity index (χ4v) is 6.83. The van der Waals surface area contributed by atoms with E-state index in [1.54, 1.807) is 0 Å². The molecule has 0 fully saturated rings. The maximum atomic E-state index is 8.64. The van der Waals surface area contributed by atoms with Crippen molar-refractivity contribution in [1.29, 1.82) is 0 Å². The van der Waals surface area contributed by atoms with Gasteiger partial charge in [0.1, 0.15) is 5.58 Å². The van der Waals surface area contributed by atoms with Crippen molar-refractivity contribution in [2.75, 3.05) is 0 Å². The Bertz CT molecular complexity index is 3130. The molecule has 0 aliphatic heterocycles. The molecule has 3 heterocycles. The molecular formula is C45H28N4O. The highest BCUT2D eigenvalue weighted by atomic mass is 16.3. The van der Waals surface area contributed by atoms with Gasteiger partial charge >= 0.3 is 0 Å². The normalized spacial score (nSPS) is 13.0. The van der Waals surface area contributed by atoms with E-state index in [9.17, 15) is 0 Å². The van der Waals surface area contributed by atoms with Gasteiger partial charge in [-0.2, -0.15) is 0 Å². The summed E-state index contributed by atoms with van der Waals surface area (Å²) in [5, 5.41) is 4.15. The van der Waals surface area contributed by atoms with E-state index in [2.05, 4.69) is 88.4 Å². The van der Waals surface area contributed by atoms with E-state index in [0.29, 0.717) is 22.5 Å². The van der Waals surface area contributed by atoms with E-state index in [1.807, 2.05) is 60.7 Å². The summed E-state index contributed by atoms with van der Waals surface area (Å²) in [5.74, 6) is 0.559. The summed E-state index contributed by atoms with van der Waals surface area (Å²) in [6.45, 7) is 0. The van der Waals surface area contributed by atoms with Crippen molar-refractivity contribution in [3.05, 3.63) is 170 Å². The second-order valence-electron chi connectivity index (χ2n) is 12.1. The van der Waals surface area contributed by atoms with Crippen molar-refractivity contribution < 1.29 is 11.3 Å². The van der Waals surface area contributed by atoms with Crippen molar-refractivity contribution in [2.24, 2.45) is 0 Å². The summed E-state index contributed by atoms with van der Waals surface area (Å²) in [6.07, 6.45) is 0. The van der Waals surface area contributed by atoms with Gasteiger partial charge in [-0.3, -0.25) is 0 Å². The van der Waals surface area contributed by atoms with Crippen LogP contribution in [0.2, 0.25) is 0 Å². The Hall–Kier alpha value is -6.85. The molecule has 0 atom stereocenters. The van der Waals surface area contributed by atoms with Crippen LogP contribution in [0.5, 0.6) is 0 Å². The minimum absolute atomic E-state index is 0.0194. The van der Waals surface area contributed by atoms with Crippen LogP contribution in [0.1, 0.15) is 6.85 Å². The van der Waals surface area contributed by atoms with Crippen molar-refractivity contribution in [3.8, 4) is 51.0 Å². The minimum atomic E-state index is -0.483. The van der Waals surface area contributed by atoms with Crippen LogP contribution in [0.4, 0.5) is 0 Å². The Balaban J connectivity index is 1.18. The topological polar surface area (TPSA) is 56.7 Å². The Morgan fingerprint density at radius 1 is 0.440 bits per heavy atom. The molecule has 0 amide bonds. The lowest BCUT2D eigenvalue weighted by Crippen LogP contribution is -2.00. The summed E-state index contributed by atoms with van der Waals surface area (Å²) in [4.78, 5) is 14.2. The van der Waals surface area contributed by atoms with Gasteiger partial charge in [-0.05, 0) is 41.5 Å². The van der Waals surface area contributed by atoms with E-state index >= 15 is 0 Å². The molecule has 0 N–H and O–H groups in total. The monoisotopic (exact) mass is 645 g/mol. The van der Waals surface area contributed by atoms with Gasteiger partial charge < -0.3 is 8.98 Å². The van der Waals surface area contributed by atoms with Crippen LogP contribution in [-0.4, -0.2) is 19.5 Å². The van der Waals surface area contributed by atoms with Crippen molar-refractivity contribution >= 4 is 43.7 Å². The molecule has 0 saturated heterocycles. The fourth-order valence-electron chi connectivity index (χ4n) is 6.83. The molecular weight excluding hydrogens is 613 g/mol. The molecule has 0 saturated carbocycles. The van der Waals surface area contributed by atoms with Gasteiger partial charge in [-0.25, -0.2) is 15.0 Å². The second-order valence-corrected chi connectivity index (χ2v) is 12.1. The van der Waals surface area contributed by atoms with E-state index in [0.717, 1.165) is 55.0 Å². The number of aromatic nitrogens is 4. The zero-order valence-electron chi connectivity index (χ0n) is 31.5. The summed E-state index contributed by atoms with van der Waals surface area (Å²) in [7, 11) is 0. The van der Waals surface area contributed by atoms with E-state index in [-0.39, 0.29) is 29.3 Å². The molecule has 0 bridgehead atoms. The van der Waals surface area contributed by atoms with E-state index in [4.69, 9.17) is 21.2 Å². The average molecular weight is 646 g/mol. The Morgan fingerprint density at radius 3 is 1.86 bits per heavy atom. The zero-order valence-corrected chi connectivity index (χ0v) is 26.5. The maximum Gasteiger partial charge on any atom is 0.164 e. The van der Waals surface area contributed by atoms with Gasteiger partial charge in [-0.1, -0.05) is 139 Å². The highest BCUT2D eigenvalue weighted by molar-refractivity contribution is 6.13. The molecule has 0 aliphatic rings. The fraction of sp³-hybridized carbons (Fsp3) is 0. The first-order chi connectivity index (χ1) is 26.9. The van der Waals surface area contributed by atoms with Crippen LogP contribution in [-0.2, 0) is 0 Å². The summed E-state index contributed by atoms with van der Waals surface area (Å²) >= 11 is 0. The standard InChI is InChI=1S/C45H28N4O/c1-4-13-29(14-5-1)32-23-25-35-34-19-10-11-21-38(34)49(40(35)27-32)39-22-12-20-37-36-26-24-33(28-41(36)50-42(37)39)45-47-43(30-15-6-2-7-16-30)46-44(48-45)31-17-8-3-9-18-31/h1-28H/i2D,6D,7D,15D,16D. The summed E-state index contributed by atoms with van der Waals surface area (Å²) in [5.41, 5.74) is 7.85. The Morgan fingerprint density at radius 2 is 1.06 bits per heavy atom. The van der Waals surface area contributed by atoms with Gasteiger partial charge in [0.25, 0.3) is 0 Å². The average Bonchev–Trinajstić information content (AvgIpc) is 3.78. The molecule has 3 aromatic heterocycles. The highest BCUT2D eigenvalue weighted by Crippen LogP contribution is 2.40. The smallest absolute Gasteiger partial charge is 0.164 e. The van der Waals surface area contributed by atoms with Crippen molar-refractivity contribution in [1.82, 2.24) is 19.5 Å². The van der Waals surface area contributed by atoms with Crippen LogP contribution in [0.25, 0.3) is 94.7 Å². The molecule has 10 aromatic rings. The molecule has 50 heavy (non-hydrogen) atoms. The molecule has 0 radical (unpaired) electrons. The quantitative estimate of drug-likeness (QED) is 0.187. The lowest BCUT2D eigenvalue weighted by molar-refractivity contribution is 0.666. The molecule has 234 valence electrons. The molecule has 5 nitrogen and oxygen atoms in total. The maximum absolute atomic E-state index is 8.64. The largest absolute Gasteiger partial charge is 0.454 e.